The van der Waals surface area contributed by atoms with Crippen molar-refractivity contribution < 1.29 is 34.1 Å². The highest BCUT2D eigenvalue weighted by atomic mass is 16.5. The molecule has 3 saturated carbocycles. The highest BCUT2D eigenvalue weighted by Gasteiger charge is 2.77. The second-order valence-electron chi connectivity index (χ2n) is 12.0. The van der Waals surface area contributed by atoms with Crippen molar-refractivity contribution in [2.45, 2.75) is 64.9 Å². The molecule has 4 aliphatic rings. The topological polar surface area (TPSA) is 130 Å². The molecule has 1 saturated heterocycles. The lowest BCUT2D eigenvalue weighted by molar-refractivity contribution is -0.242. The average Bonchev–Trinajstić information content (AvgIpc) is 3.13. The maximum atomic E-state index is 14.3. The van der Waals surface area contributed by atoms with E-state index in [0.717, 1.165) is 5.56 Å². The van der Waals surface area contributed by atoms with E-state index in [1.807, 2.05) is 37.3 Å². The highest BCUT2D eigenvalue weighted by molar-refractivity contribution is 6.03. The minimum atomic E-state index is -1.54. The number of amides is 1. The van der Waals surface area contributed by atoms with Gasteiger partial charge in [-0.3, -0.25) is 19.2 Å². The van der Waals surface area contributed by atoms with E-state index in [1.165, 1.54) is 13.8 Å². The molecule has 1 aromatic rings. The molecule has 1 aromatic carbocycles. The zero-order chi connectivity index (χ0) is 27.7. The van der Waals surface area contributed by atoms with Crippen LogP contribution in [0.4, 0.5) is 0 Å². The maximum Gasteiger partial charge on any atom is 0.302 e. The molecule has 8 nitrogen and oxygen atoms in total. The SMILES string of the molecule is C=C1[C@@H](C)[C@H]2[C@H](Cc3ccccc3)NC(=O)[C@@]23[C@@H]([C@@H](O)[C@@H]2C[C@H](C)C(=O)[C@H](C(C)=O)[C@H]2[C@H]3OC(C)=O)[C@@H]1O. The van der Waals surface area contributed by atoms with Crippen LogP contribution in [0.3, 0.4) is 0 Å². The molecular formula is C30H37NO7. The van der Waals surface area contributed by atoms with Gasteiger partial charge in [0.25, 0.3) is 0 Å². The normalized spacial score (nSPS) is 43.9. The molecule has 1 aliphatic heterocycles. The number of aliphatic hydroxyl groups excluding tert-OH is 2. The second kappa shape index (κ2) is 9.42. The predicted octanol–water partition coefficient (Wildman–Crippen LogP) is 1.87. The number of fused-ring (bicyclic) bond motifs is 1. The lowest BCUT2D eigenvalue weighted by Gasteiger charge is -2.63. The molecule has 0 aromatic heterocycles. The van der Waals surface area contributed by atoms with E-state index >= 15 is 0 Å². The summed E-state index contributed by atoms with van der Waals surface area (Å²) in [6.45, 7) is 10.4. The van der Waals surface area contributed by atoms with Gasteiger partial charge in [0, 0.05) is 36.6 Å². The van der Waals surface area contributed by atoms with Crippen LogP contribution in [0.5, 0.6) is 0 Å². The molecule has 0 unspecified atom stereocenters. The summed E-state index contributed by atoms with van der Waals surface area (Å²) in [7, 11) is 0. The third kappa shape index (κ3) is 3.63. The summed E-state index contributed by atoms with van der Waals surface area (Å²) in [6, 6.07) is 9.28. The largest absolute Gasteiger partial charge is 0.461 e. The summed E-state index contributed by atoms with van der Waals surface area (Å²) in [5, 5.41) is 26.6. The number of carbonyl (C=O) groups is 4. The number of nitrogens with one attached hydrogen (secondary N) is 1. The van der Waals surface area contributed by atoms with Crippen LogP contribution in [0.2, 0.25) is 0 Å². The molecule has 8 heteroatoms. The molecule has 0 radical (unpaired) electrons. The van der Waals surface area contributed by atoms with Crippen LogP contribution < -0.4 is 5.32 Å². The summed E-state index contributed by atoms with van der Waals surface area (Å²) in [4.78, 5) is 53.2. The molecule has 4 fully saturated rings. The number of rotatable bonds is 4. The molecular weight excluding hydrogens is 486 g/mol. The lowest BCUT2D eigenvalue weighted by atomic mass is 9.41. The van der Waals surface area contributed by atoms with Crippen LogP contribution in [-0.4, -0.2) is 58.0 Å². The maximum absolute atomic E-state index is 14.3. The number of esters is 1. The number of benzene rings is 1. The first-order chi connectivity index (χ1) is 17.9. The Hall–Kier alpha value is -2.84. The summed E-state index contributed by atoms with van der Waals surface area (Å²) in [5.41, 5.74) is -0.0236. The van der Waals surface area contributed by atoms with Gasteiger partial charge in [-0.1, -0.05) is 50.8 Å². The number of ether oxygens (including phenoxy) is 1. The molecule has 1 amide bonds. The fourth-order valence-electron chi connectivity index (χ4n) is 8.62. The Morgan fingerprint density at radius 1 is 1.11 bits per heavy atom. The van der Waals surface area contributed by atoms with E-state index in [4.69, 9.17) is 4.74 Å². The standard InChI is InChI=1S/C30H37NO7/c1-13-11-19-22(21(16(4)32)25(13)34)28(38-17(5)33)30-23(14(2)15(3)26(35)24(30)27(19)36)20(31-29(30)37)12-18-9-7-6-8-10-18/h6-10,13-14,19-24,26-28,35-36H,3,11-12H2,1-2,4-5H3,(H,31,37)/t13-,14+,19+,20-,21+,22-,23-,24+,26+,27-,28+,30+/m0/s1. The van der Waals surface area contributed by atoms with Crippen molar-refractivity contribution in [2.24, 2.45) is 46.8 Å². The summed E-state index contributed by atoms with van der Waals surface area (Å²) in [5.74, 6) is -6.68. The van der Waals surface area contributed by atoms with Crippen molar-refractivity contribution in [3.05, 3.63) is 48.0 Å². The Morgan fingerprint density at radius 2 is 1.76 bits per heavy atom. The van der Waals surface area contributed by atoms with E-state index in [9.17, 15) is 29.4 Å². The Bertz CT molecular complexity index is 1180. The molecule has 12 atom stereocenters. The number of Topliss-reactive ketones (excluding diaryl/α,β-unsaturated/α-hetero) is 2. The van der Waals surface area contributed by atoms with Gasteiger partial charge in [-0.15, -0.1) is 0 Å². The minimum absolute atomic E-state index is 0.262. The first kappa shape index (κ1) is 26.8. The fourth-order valence-corrected chi connectivity index (χ4v) is 8.62. The van der Waals surface area contributed by atoms with E-state index in [1.54, 1.807) is 6.92 Å². The van der Waals surface area contributed by atoms with Gasteiger partial charge in [-0.25, -0.2) is 0 Å². The average molecular weight is 524 g/mol. The monoisotopic (exact) mass is 523 g/mol. The zero-order valence-electron chi connectivity index (χ0n) is 22.3. The Morgan fingerprint density at radius 3 is 2.37 bits per heavy atom. The van der Waals surface area contributed by atoms with Crippen LogP contribution in [0.15, 0.2) is 42.5 Å². The predicted molar refractivity (Wildman–Crippen MR) is 137 cm³/mol. The fraction of sp³-hybridized carbons (Fsp3) is 0.600. The Kier molecular flexibility index (Phi) is 6.63. The van der Waals surface area contributed by atoms with Crippen molar-refractivity contribution in [3.63, 3.8) is 0 Å². The number of carbonyl (C=O) groups excluding carboxylic acids is 4. The first-order valence-corrected chi connectivity index (χ1v) is 13.5. The molecule has 3 N–H and O–H groups in total. The molecule has 1 spiro atoms. The number of aliphatic hydroxyl groups is 2. The van der Waals surface area contributed by atoms with Gasteiger partial charge < -0.3 is 20.3 Å². The molecule has 0 bridgehead atoms. The van der Waals surface area contributed by atoms with Gasteiger partial charge in [0.15, 0.2) is 0 Å². The zero-order valence-corrected chi connectivity index (χ0v) is 22.3. The number of hydrogen-bond acceptors (Lipinski definition) is 7. The van der Waals surface area contributed by atoms with E-state index in [-0.39, 0.29) is 23.9 Å². The number of hydrogen-bond donors (Lipinski definition) is 3. The number of ketones is 2. The van der Waals surface area contributed by atoms with Crippen molar-refractivity contribution >= 4 is 23.4 Å². The molecule has 3 aliphatic carbocycles. The van der Waals surface area contributed by atoms with Gasteiger partial charge in [-0.2, -0.15) is 0 Å². The van der Waals surface area contributed by atoms with Crippen LogP contribution in [0.25, 0.3) is 0 Å². The van der Waals surface area contributed by atoms with Gasteiger partial charge in [0.1, 0.15) is 17.7 Å². The molecule has 5 rings (SSSR count). The molecule has 204 valence electrons. The first-order valence-electron chi connectivity index (χ1n) is 13.5. The van der Waals surface area contributed by atoms with Crippen LogP contribution in [0, 0.1) is 46.8 Å². The highest BCUT2D eigenvalue weighted by Crippen LogP contribution is 2.65. The van der Waals surface area contributed by atoms with Gasteiger partial charge in [0.05, 0.1) is 23.5 Å². The third-order valence-electron chi connectivity index (χ3n) is 10.0. The van der Waals surface area contributed by atoms with E-state index < -0.39 is 77.2 Å². The quantitative estimate of drug-likeness (QED) is 0.312. The van der Waals surface area contributed by atoms with E-state index in [2.05, 4.69) is 11.9 Å². The van der Waals surface area contributed by atoms with Crippen LogP contribution >= 0.6 is 0 Å². The van der Waals surface area contributed by atoms with E-state index in [0.29, 0.717) is 12.0 Å². The van der Waals surface area contributed by atoms with Gasteiger partial charge >= 0.3 is 5.97 Å². The van der Waals surface area contributed by atoms with Gasteiger partial charge in [0.2, 0.25) is 5.91 Å². The minimum Gasteiger partial charge on any atom is -0.461 e. The Labute approximate surface area is 222 Å². The van der Waals surface area contributed by atoms with Crippen molar-refractivity contribution in [1.82, 2.24) is 5.32 Å². The lowest BCUT2D eigenvalue weighted by Crippen LogP contribution is -2.73. The Balaban J connectivity index is 1.73. The van der Waals surface area contributed by atoms with Crippen LogP contribution in [0.1, 0.15) is 39.7 Å². The van der Waals surface area contributed by atoms with Crippen LogP contribution in [-0.2, 0) is 30.3 Å². The smallest absolute Gasteiger partial charge is 0.302 e. The molecule has 38 heavy (non-hydrogen) atoms. The van der Waals surface area contributed by atoms with Crippen molar-refractivity contribution in [1.29, 1.82) is 0 Å². The second-order valence-corrected chi connectivity index (χ2v) is 12.0. The van der Waals surface area contributed by atoms with Crippen molar-refractivity contribution in [3.8, 4) is 0 Å². The summed E-state index contributed by atoms with van der Waals surface area (Å²) in [6.07, 6.45) is -2.83. The molecule has 1 heterocycles. The summed E-state index contributed by atoms with van der Waals surface area (Å²) < 4.78 is 5.99. The third-order valence-corrected chi connectivity index (χ3v) is 10.0. The summed E-state index contributed by atoms with van der Waals surface area (Å²) >= 11 is 0. The van der Waals surface area contributed by atoms with Gasteiger partial charge in [-0.05, 0) is 42.7 Å². The van der Waals surface area contributed by atoms with Crippen molar-refractivity contribution in [2.75, 3.05) is 0 Å².